The molecule has 0 bridgehead atoms. The van der Waals surface area contributed by atoms with E-state index < -0.39 is 44.6 Å². The molecule has 0 aliphatic heterocycles. The summed E-state index contributed by atoms with van der Waals surface area (Å²) in [6.45, 7) is 14.2. The average Bonchev–Trinajstić information content (AvgIpc) is 3.00. The van der Waals surface area contributed by atoms with Gasteiger partial charge in [-0.05, 0) is 0 Å². The molecule has 0 aliphatic carbocycles. The van der Waals surface area contributed by atoms with Crippen molar-refractivity contribution in [2.45, 2.75) is 213 Å². The Morgan fingerprint density at radius 2 is 0.727 bits per heavy atom. The third kappa shape index (κ3) is 24.9. The average molecular weight is 840 g/mol. The zero-order chi connectivity index (χ0) is 32.6. The molecular formula is C37H78O5Sn2. The van der Waals surface area contributed by atoms with Crippen molar-refractivity contribution < 1.29 is 17.1 Å². The van der Waals surface area contributed by atoms with Crippen molar-refractivity contribution in [1.29, 1.82) is 0 Å². The fourth-order valence-corrected chi connectivity index (χ4v) is 46.8. The third-order valence-electron chi connectivity index (χ3n) is 8.96. The summed E-state index contributed by atoms with van der Waals surface area (Å²) in [5.74, 6) is 0. The van der Waals surface area contributed by atoms with E-state index in [0.717, 1.165) is 37.2 Å². The minimum absolute atomic E-state index is 0.351. The van der Waals surface area contributed by atoms with Gasteiger partial charge in [-0.1, -0.05) is 0 Å². The molecule has 0 aromatic carbocycles. The Labute approximate surface area is 286 Å². The van der Waals surface area contributed by atoms with Gasteiger partial charge in [-0.3, -0.25) is 0 Å². The minimum atomic E-state index is -3.87. The van der Waals surface area contributed by atoms with Crippen molar-refractivity contribution in [3.63, 3.8) is 0 Å². The van der Waals surface area contributed by atoms with E-state index in [1.165, 1.54) is 141 Å². The van der Waals surface area contributed by atoms with E-state index in [9.17, 15) is 4.79 Å². The van der Waals surface area contributed by atoms with Gasteiger partial charge in [-0.2, -0.15) is 0 Å². The van der Waals surface area contributed by atoms with E-state index in [0.29, 0.717) is 6.61 Å². The quantitative estimate of drug-likeness (QED) is 0.0367. The van der Waals surface area contributed by atoms with E-state index in [1.807, 2.05) is 6.92 Å². The second-order valence-corrected chi connectivity index (χ2v) is 35.2. The summed E-state index contributed by atoms with van der Waals surface area (Å²) in [5, 5.41) is 0. The van der Waals surface area contributed by atoms with Crippen LogP contribution in [0.5, 0.6) is 0 Å². The molecule has 0 aliphatic rings. The van der Waals surface area contributed by atoms with E-state index >= 15 is 0 Å². The van der Waals surface area contributed by atoms with Crippen molar-refractivity contribution >= 4 is 44.6 Å². The van der Waals surface area contributed by atoms with Gasteiger partial charge < -0.3 is 0 Å². The zero-order valence-electron chi connectivity index (χ0n) is 30.8. The van der Waals surface area contributed by atoms with Crippen LogP contribution in [0.3, 0.4) is 0 Å². The molecule has 0 amide bonds. The molecule has 5 nitrogen and oxygen atoms in total. The van der Waals surface area contributed by atoms with Gasteiger partial charge in [0, 0.05) is 0 Å². The fourth-order valence-electron chi connectivity index (χ4n) is 6.35. The summed E-state index contributed by atoms with van der Waals surface area (Å²) in [6.07, 6.45) is 29.9. The van der Waals surface area contributed by atoms with Crippen LogP contribution < -0.4 is 0 Å². The van der Waals surface area contributed by atoms with Crippen LogP contribution in [-0.4, -0.2) is 57.8 Å². The van der Waals surface area contributed by atoms with Gasteiger partial charge >= 0.3 is 288 Å². The molecule has 0 spiro atoms. The number of hydrogen-bond donors (Lipinski definition) is 0. The molecule has 44 heavy (non-hydrogen) atoms. The number of rotatable bonds is 34. The van der Waals surface area contributed by atoms with E-state index in [-0.39, 0.29) is 0 Å². The molecule has 264 valence electrons. The summed E-state index contributed by atoms with van der Waals surface area (Å²) in [5.41, 5.74) is 0. The van der Waals surface area contributed by atoms with Gasteiger partial charge in [0.1, 0.15) is 0 Å². The molecule has 0 saturated heterocycles. The van der Waals surface area contributed by atoms with Crippen LogP contribution in [0.25, 0.3) is 0 Å². The number of unbranched alkanes of at least 4 members (excludes halogenated alkanes) is 20. The molecule has 0 aromatic rings. The SMILES string of the molecule is CCCCCCC[CH2][Sn]([CH2]CCCCCCC)([O]CC)[O][Sn]([CH2]CCCCCCC)([CH2]CCCCCCC)[O]C(=O)OCC. The van der Waals surface area contributed by atoms with Crippen LogP contribution in [0.2, 0.25) is 17.7 Å². The van der Waals surface area contributed by atoms with Crippen molar-refractivity contribution in [3.05, 3.63) is 0 Å². The topological polar surface area (TPSA) is 54.0 Å². The van der Waals surface area contributed by atoms with Crippen LogP contribution in [0.15, 0.2) is 0 Å². The first-order chi connectivity index (χ1) is 21.5. The molecule has 0 aromatic heterocycles. The normalized spacial score (nSPS) is 12.1. The van der Waals surface area contributed by atoms with Gasteiger partial charge in [0.25, 0.3) is 0 Å². The Kier molecular flexibility index (Phi) is 32.9. The second kappa shape index (κ2) is 32.3. The van der Waals surface area contributed by atoms with Gasteiger partial charge in [0.2, 0.25) is 0 Å². The maximum atomic E-state index is 13.1. The van der Waals surface area contributed by atoms with E-state index in [1.54, 1.807) is 0 Å². The molecule has 0 saturated carbocycles. The predicted molar refractivity (Wildman–Crippen MR) is 195 cm³/mol. The number of carbonyl (C=O) groups is 1. The molecule has 0 unspecified atom stereocenters. The van der Waals surface area contributed by atoms with Crippen LogP contribution >= 0.6 is 0 Å². The summed E-state index contributed by atoms with van der Waals surface area (Å²) in [7, 11) is 0. The number of ether oxygens (including phenoxy) is 1. The van der Waals surface area contributed by atoms with Crippen LogP contribution in [-0.2, 0) is 12.3 Å². The van der Waals surface area contributed by atoms with Crippen molar-refractivity contribution in [2.75, 3.05) is 13.2 Å². The molecule has 0 fully saturated rings. The third-order valence-corrected chi connectivity index (χ3v) is 41.9. The first kappa shape index (κ1) is 44.8. The summed E-state index contributed by atoms with van der Waals surface area (Å²) in [6, 6.07) is 0. The summed E-state index contributed by atoms with van der Waals surface area (Å²) in [4.78, 5) is 13.1. The van der Waals surface area contributed by atoms with E-state index in [2.05, 4.69) is 34.6 Å². The Balaban J connectivity index is 6.07. The Morgan fingerprint density at radius 1 is 0.409 bits per heavy atom. The van der Waals surface area contributed by atoms with Crippen LogP contribution in [0, 0.1) is 0 Å². The maximum absolute atomic E-state index is 13.1. The van der Waals surface area contributed by atoms with E-state index in [4.69, 9.17) is 12.3 Å². The Bertz CT molecular complexity index is 587. The van der Waals surface area contributed by atoms with Gasteiger partial charge in [-0.25, -0.2) is 0 Å². The second-order valence-electron chi connectivity index (χ2n) is 13.2. The standard InChI is InChI=1S/4C8H17.C3H6O3.C2H5O.O.2Sn/c4*1-3-5-7-8-6-4-2;1-2-6-3(4)5;1-2-3;;;/h4*1,3-8H2,2H3;2H2,1H3,(H,4,5);2H2,1H3;;;/q;;;;;-1;;2*+1/p-1. The summed E-state index contributed by atoms with van der Waals surface area (Å²) >= 11 is -7.42. The molecule has 7 heteroatoms. The first-order valence-corrected chi connectivity index (χ1v) is 32.4. The van der Waals surface area contributed by atoms with Crippen LogP contribution in [0.4, 0.5) is 4.79 Å². The molecule has 0 heterocycles. The molecular weight excluding hydrogens is 762 g/mol. The Hall–Kier alpha value is 0.787. The zero-order valence-corrected chi connectivity index (χ0v) is 36.5. The van der Waals surface area contributed by atoms with Gasteiger partial charge in [0.05, 0.1) is 0 Å². The number of hydrogen-bond acceptors (Lipinski definition) is 5. The van der Waals surface area contributed by atoms with Crippen molar-refractivity contribution in [3.8, 4) is 0 Å². The molecule has 0 atom stereocenters. The van der Waals surface area contributed by atoms with Gasteiger partial charge in [-0.15, -0.1) is 0 Å². The Morgan fingerprint density at radius 3 is 1.05 bits per heavy atom. The summed E-state index contributed by atoms with van der Waals surface area (Å²) < 4.78 is 30.7. The fraction of sp³-hybridized carbons (Fsp3) is 0.973. The van der Waals surface area contributed by atoms with Crippen molar-refractivity contribution in [1.82, 2.24) is 0 Å². The molecule has 0 rings (SSSR count). The first-order valence-electron chi connectivity index (χ1n) is 19.7. The molecule has 0 N–H and O–H groups in total. The predicted octanol–water partition coefficient (Wildman–Crippen LogP) is 13.5. The van der Waals surface area contributed by atoms with Gasteiger partial charge in [0.15, 0.2) is 0 Å². The number of carbonyl (C=O) groups excluding carboxylic acids is 1. The van der Waals surface area contributed by atoms with Crippen molar-refractivity contribution in [2.24, 2.45) is 0 Å². The molecule has 0 radical (unpaired) electrons. The monoisotopic (exact) mass is 842 g/mol. The van der Waals surface area contributed by atoms with Crippen LogP contribution in [0.1, 0.15) is 196 Å².